The molecule has 28 heavy (non-hydrogen) atoms. The summed E-state index contributed by atoms with van der Waals surface area (Å²) in [7, 11) is 3.02. The van der Waals surface area contributed by atoms with E-state index in [2.05, 4.69) is 5.32 Å². The second-order valence-electron chi connectivity index (χ2n) is 6.26. The molecule has 0 aliphatic carbocycles. The Morgan fingerprint density at radius 1 is 1.07 bits per heavy atom. The van der Waals surface area contributed by atoms with E-state index in [-0.39, 0.29) is 18.7 Å². The molecule has 1 atom stereocenters. The van der Waals surface area contributed by atoms with Gasteiger partial charge < -0.3 is 19.9 Å². The molecule has 7 heteroatoms. The average Bonchev–Trinajstić information content (AvgIpc) is 2.69. The molecule has 0 aromatic heterocycles. The van der Waals surface area contributed by atoms with E-state index in [1.54, 1.807) is 18.2 Å². The number of methoxy groups -OCH3 is 2. The fourth-order valence-corrected chi connectivity index (χ4v) is 2.89. The zero-order valence-electron chi connectivity index (χ0n) is 15.9. The smallest absolute Gasteiger partial charge is 0.303 e. The summed E-state index contributed by atoms with van der Waals surface area (Å²) in [4.78, 5) is 23.1. The maximum absolute atomic E-state index is 13.9. The summed E-state index contributed by atoms with van der Waals surface area (Å²) in [5, 5.41) is 11.6. The first-order chi connectivity index (χ1) is 13.4. The molecule has 0 aliphatic heterocycles. The Kier molecular flexibility index (Phi) is 7.80. The molecule has 0 heterocycles. The lowest BCUT2D eigenvalue weighted by molar-refractivity contribution is -0.137. The lowest BCUT2D eigenvalue weighted by Gasteiger charge is -2.22. The molecule has 0 spiro atoms. The Morgan fingerprint density at radius 2 is 1.82 bits per heavy atom. The normalized spacial score (nSPS) is 11.5. The fraction of sp³-hybridized carbons (Fsp3) is 0.333. The average molecular weight is 389 g/mol. The quantitative estimate of drug-likeness (QED) is 0.606. The van der Waals surface area contributed by atoms with Crippen molar-refractivity contribution >= 4 is 11.9 Å². The van der Waals surface area contributed by atoms with Crippen LogP contribution in [-0.4, -0.2) is 31.2 Å². The maximum atomic E-state index is 13.9. The molecule has 1 amide bonds. The number of amides is 1. The summed E-state index contributed by atoms with van der Waals surface area (Å²) in [6, 6.07) is 10.6. The van der Waals surface area contributed by atoms with Crippen molar-refractivity contribution in [3.63, 3.8) is 0 Å². The number of halogens is 1. The number of nitrogens with one attached hydrogen (secondary N) is 1. The van der Waals surface area contributed by atoms with Gasteiger partial charge in [0, 0.05) is 18.4 Å². The van der Waals surface area contributed by atoms with Crippen LogP contribution in [0.1, 0.15) is 42.9 Å². The third-order valence-corrected chi connectivity index (χ3v) is 4.28. The van der Waals surface area contributed by atoms with Crippen molar-refractivity contribution < 1.29 is 28.6 Å². The van der Waals surface area contributed by atoms with E-state index in [9.17, 15) is 14.0 Å². The first kappa shape index (κ1) is 21.2. The van der Waals surface area contributed by atoms with Crippen LogP contribution < -0.4 is 14.8 Å². The van der Waals surface area contributed by atoms with Gasteiger partial charge in [0.15, 0.2) is 0 Å². The third kappa shape index (κ3) is 5.97. The Bertz CT molecular complexity index is 824. The number of hydrogen-bond donors (Lipinski definition) is 2. The van der Waals surface area contributed by atoms with Crippen LogP contribution in [0.4, 0.5) is 4.39 Å². The summed E-state index contributed by atoms with van der Waals surface area (Å²) in [5.41, 5.74) is 1.19. The SMILES string of the molecule is COc1cccc(C(NC(=O)CCCCC(=O)O)c2cc(F)ccc2OC)c1. The lowest BCUT2D eigenvalue weighted by atomic mass is 9.97. The lowest BCUT2D eigenvalue weighted by Crippen LogP contribution is -2.29. The molecule has 0 saturated heterocycles. The maximum Gasteiger partial charge on any atom is 0.303 e. The summed E-state index contributed by atoms with van der Waals surface area (Å²) < 4.78 is 24.5. The highest BCUT2D eigenvalue weighted by Crippen LogP contribution is 2.32. The van der Waals surface area contributed by atoms with E-state index in [0.29, 0.717) is 35.5 Å². The highest BCUT2D eigenvalue weighted by Gasteiger charge is 2.22. The summed E-state index contributed by atoms with van der Waals surface area (Å²) in [5.74, 6) is -0.544. The van der Waals surface area contributed by atoms with Gasteiger partial charge in [-0.2, -0.15) is 0 Å². The van der Waals surface area contributed by atoms with Crippen LogP contribution in [0.25, 0.3) is 0 Å². The third-order valence-electron chi connectivity index (χ3n) is 4.28. The molecule has 0 bridgehead atoms. The Hall–Kier alpha value is -3.09. The van der Waals surface area contributed by atoms with Crippen molar-refractivity contribution in [2.75, 3.05) is 14.2 Å². The van der Waals surface area contributed by atoms with E-state index >= 15 is 0 Å². The number of carbonyl (C=O) groups excluding carboxylic acids is 1. The molecule has 2 N–H and O–H groups in total. The molecule has 2 aromatic carbocycles. The first-order valence-electron chi connectivity index (χ1n) is 8.93. The second kappa shape index (κ2) is 10.3. The summed E-state index contributed by atoms with van der Waals surface area (Å²) in [6.07, 6.45) is 1.05. The van der Waals surface area contributed by atoms with Gasteiger partial charge >= 0.3 is 5.97 Å². The van der Waals surface area contributed by atoms with Crippen molar-refractivity contribution in [1.29, 1.82) is 0 Å². The summed E-state index contributed by atoms with van der Waals surface area (Å²) in [6.45, 7) is 0. The Balaban J connectivity index is 2.28. The van der Waals surface area contributed by atoms with E-state index in [4.69, 9.17) is 14.6 Å². The largest absolute Gasteiger partial charge is 0.497 e. The molecule has 0 radical (unpaired) electrons. The first-order valence-corrected chi connectivity index (χ1v) is 8.93. The van der Waals surface area contributed by atoms with Gasteiger partial charge in [-0.25, -0.2) is 4.39 Å². The van der Waals surface area contributed by atoms with Crippen LogP contribution in [0.2, 0.25) is 0 Å². The predicted molar refractivity (Wildman–Crippen MR) is 102 cm³/mol. The van der Waals surface area contributed by atoms with Crippen LogP contribution in [0.5, 0.6) is 11.5 Å². The van der Waals surface area contributed by atoms with Crippen molar-refractivity contribution in [3.05, 3.63) is 59.4 Å². The van der Waals surface area contributed by atoms with Gasteiger partial charge in [0.2, 0.25) is 5.91 Å². The standard InChI is InChI=1S/C21H24FNO5/c1-27-16-7-5-6-14(12-16)21(17-13-15(22)10-11-18(17)28-2)23-19(24)8-3-4-9-20(25)26/h5-7,10-13,21H,3-4,8-9H2,1-2H3,(H,23,24)(H,25,26). The van der Waals surface area contributed by atoms with E-state index in [0.717, 1.165) is 0 Å². The van der Waals surface area contributed by atoms with Crippen LogP contribution in [0, 0.1) is 5.82 Å². The molecule has 2 aromatic rings. The molecular formula is C21H24FNO5. The van der Waals surface area contributed by atoms with Crippen molar-refractivity contribution in [2.45, 2.75) is 31.7 Å². The number of carboxylic acid groups (broad SMARTS) is 1. The van der Waals surface area contributed by atoms with Crippen LogP contribution in [0.3, 0.4) is 0 Å². The monoisotopic (exact) mass is 389 g/mol. The van der Waals surface area contributed by atoms with Gasteiger partial charge in [-0.3, -0.25) is 9.59 Å². The summed E-state index contributed by atoms with van der Waals surface area (Å²) >= 11 is 0. The molecule has 0 aliphatic rings. The number of ether oxygens (including phenoxy) is 2. The van der Waals surface area contributed by atoms with Crippen LogP contribution >= 0.6 is 0 Å². The molecule has 1 unspecified atom stereocenters. The van der Waals surface area contributed by atoms with E-state index in [1.807, 2.05) is 6.07 Å². The molecule has 2 rings (SSSR count). The molecule has 0 saturated carbocycles. The number of carbonyl (C=O) groups is 2. The van der Waals surface area contributed by atoms with Gasteiger partial charge in [-0.05, 0) is 48.7 Å². The molecule has 6 nitrogen and oxygen atoms in total. The zero-order valence-corrected chi connectivity index (χ0v) is 15.9. The topological polar surface area (TPSA) is 84.9 Å². The van der Waals surface area contributed by atoms with E-state index < -0.39 is 17.8 Å². The molecule has 0 fully saturated rings. The molecular weight excluding hydrogens is 365 g/mol. The van der Waals surface area contributed by atoms with Gasteiger partial charge in [0.05, 0.1) is 20.3 Å². The zero-order chi connectivity index (χ0) is 20.5. The van der Waals surface area contributed by atoms with Crippen molar-refractivity contribution in [2.24, 2.45) is 0 Å². The minimum atomic E-state index is -0.890. The minimum absolute atomic E-state index is 0.0182. The van der Waals surface area contributed by atoms with Gasteiger partial charge in [-0.15, -0.1) is 0 Å². The van der Waals surface area contributed by atoms with Gasteiger partial charge in [0.25, 0.3) is 0 Å². The fourth-order valence-electron chi connectivity index (χ4n) is 2.89. The van der Waals surface area contributed by atoms with Crippen molar-refractivity contribution in [3.8, 4) is 11.5 Å². The number of hydrogen-bond acceptors (Lipinski definition) is 4. The minimum Gasteiger partial charge on any atom is -0.497 e. The van der Waals surface area contributed by atoms with Gasteiger partial charge in [-0.1, -0.05) is 12.1 Å². The highest BCUT2D eigenvalue weighted by molar-refractivity contribution is 5.77. The Morgan fingerprint density at radius 3 is 2.50 bits per heavy atom. The van der Waals surface area contributed by atoms with E-state index in [1.165, 1.54) is 32.4 Å². The number of benzene rings is 2. The highest BCUT2D eigenvalue weighted by atomic mass is 19.1. The van der Waals surface area contributed by atoms with Crippen LogP contribution in [0.15, 0.2) is 42.5 Å². The molecule has 150 valence electrons. The predicted octanol–water partition coefficient (Wildman–Crippen LogP) is 3.69. The number of aliphatic carboxylic acids is 1. The van der Waals surface area contributed by atoms with Crippen molar-refractivity contribution in [1.82, 2.24) is 5.32 Å². The van der Waals surface area contributed by atoms with Crippen LogP contribution in [-0.2, 0) is 9.59 Å². The second-order valence-corrected chi connectivity index (χ2v) is 6.26. The Labute approximate surface area is 163 Å². The number of rotatable bonds is 10. The van der Waals surface area contributed by atoms with Gasteiger partial charge in [0.1, 0.15) is 17.3 Å². The number of carboxylic acids is 1. The number of unbranched alkanes of at least 4 members (excludes halogenated alkanes) is 1.